The van der Waals surface area contributed by atoms with Crippen molar-refractivity contribution in [3.8, 4) is 0 Å². The van der Waals surface area contributed by atoms with Crippen LogP contribution in [0.25, 0.3) is 0 Å². The van der Waals surface area contributed by atoms with E-state index in [-0.39, 0.29) is 4.48 Å². The van der Waals surface area contributed by atoms with E-state index in [0.717, 1.165) is 6.92 Å². The normalized spacial score (nSPS) is 18.1. The van der Waals surface area contributed by atoms with Crippen molar-refractivity contribution in [2.75, 3.05) is 21.1 Å². The third-order valence-electron chi connectivity index (χ3n) is 3.75. The molecular weight excluding hydrogens is 317 g/mol. The van der Waals surface area contributed by atoms with E-state index in [9.17, 15) is 19.3 Å². The highest BCUT2D eigenvalue weighted by molar-refractivity contribution is 7.46. The number of carboxylic acids is 2. The number of carbonyl (C=O) groups is 2. The maximum Gasteiger partial charge on any atom is 0.470 e. The van der Waals surface area contributed by atoms with Crippen molar-refractivity contribution in [2.45, 2.75) is 25.5 Å². The third kappa shape index (κ3) is 4.89. The third-order valence-corrected chi connectivity index (χ3v) is 4.38. The van der Waals surface area contributed by atoms with Crippen LogP contribution in [0.3, 0.4) is 0 Å². The molecule has 0 rings (SSSR count). The number of hydrogen-bond donors (Lipinski definition) is 4. The van der Waals surface area contributed by atoms with Crippen LogP contribution in [0.1, 0.15) is 13.8 Å². The number of phosphoric ester groups is 1. The molecule has 0 radical (unpaired) electrons. The molecule has 0 spiro atoms. The average molecular weight is 340 g/mol. The molecule has 0 aromatic rings. The first-order valence-electron chi connectivity index (χ1n) is 6.26. The molecule has 0 heterocycles. The molecule has 10 heteroatoms. The maximum atomic E-state index is 11.5. The van der Waals surface area contributed by atoms with Crippen LogP contribution < -0.4 is 0 Å². The van der Waals surface area contributed by atoms with E-state index < -0.39 is 42.9 Å². The van der Waals surface area contributed by atoms with Gasteiger partial charge >= 0.3 is 19.8 Å². The van der Waals surface area contributed by atoms with Gasteiger partial charge in [-0.05, 0) is 13.8 Å². The summed E-state index contributed by atoms with van der Waals surface area (Å²) < 4.78 is 16.1. The number of quaternary nitrogens is 1. The van der Waals surface area contributed by atoms with Crippen LogP contribution in [-0.2, 0) is 18.7 Å². The van der Waals surface area contributed by atoms with Crippen LogP contribution in [0, 0.1) is 5.92 Å². The fourth-order valence-corrected chi connectivity index (χ4v) is 3.03. The molecule has 0 aliphatic heterocycles. The monoisotopic (exact) mass is 340 g/mol. The quantitative estimate of drug-likeness (QED) is 0.281. The Bertz CT molecular complexity index is 520. The molecule has 3 atom stereocenters. The minimum absolute atomic E-state index is 0.0766. The van der Waals surface area contributed by atoms with Crippen LogP contribution in [0.2, 0.25) is 0 Å². The summed E-state index contributed by atoms with van der Waals surface area (Å²) in [5, 5.41) is 18.4. The lowest BCUT2D eigenvalue weighted by atomic mass is 9.78. The van der Waals surface area contributed by atoms with Crippen molar-refractivity contribution in [3.05, 3.63) is 12.2 Å². The second-order valence-electron chi connectivity index (χ2n) is 6.16. The Morgan fingerprint density at radius 1 is 1.23 bits per heavy atom. The SMILES string of the molecule is C=C(C(=O)O)C(C(=O)O)C(C)(OP(=O)(O)O)C(C)[N+](C)(C)C. The first-order valence-corrected chi connectivity index (χ1v) is 7.79. The van der Waals surface area contributed by atoms with E-state index in [4.69, 9.17) is 19.4 Å². The molecule has 0 aliphatic rings. The van der Waals surface area contributed by atoms with Crippen LogP contribution in [0.4, 0.5) is 0 Å². The van der Waals surface area contributed by atoms with Crippen molar-refractivity contribution >= 4 is 19.8 Å². The molecular formula is C12H23NO8P+. The van der Waals surface area contributed by atoms with E-state index in [0.29, 0.717) is 0 Å². The Hall–Kier alpha value is -1.25. The zero-order chi connectivity index (χ0) is 18.1. The number of likely N-dealkylation sites (N-methyl/N-ethyl adjacent to an activating group) is 1. The molecule has 0 aromatic heterocycles. The Labute approximate surface area is 128 Å². The Kier molecular flexibility index (Phi) is 6.11. The summed E-state index contributed by atoms with van der Waals surface area (Å²) in [5.74, 6) is -5.02. The van der Waals surface area contributed by atoms with Crippen molar-refractivity contribution in [1.82, 2.24) is 0 Å². The lowest BCUT2D eigenvalue weighted by molar-refractivity contribution is -0.901. The molecule has 0 saturated heterocycles. The first kappa shape index (κ1) is 20.8. The summed E-state index contributed by atoms with van der Waals surface area (Å²) in [7, 11) is -0.0982. The molecule has 0 aromatic carbocycles. The fraction of sp³-hybridized carbons (Fsp3) is 0.667. The largest absolute Gasteiger partial charge is 0.481 e. The molecule has 0 saturated carbocycles. The van der Waals surface area contributed by atoms with E-state index >= 15 is 0 Å². The summed E-state index contributed by atoms with van der Waals surface area (Å²) in [6.07, 6.45) is 0. The van der Waals surface area contributed by atoms with Gasteiger partial charge in [0, 0.05) is 5.57 Å². The van der Waals surface area contributed by atoms with Gasteiger partial charge in [0.1, 0.15) is 17.6 Å². The van der Waals surface area contributed by atoms with E-state index in [1.807, 2.05) is 0 Å². The lowest BCUT2D eigenvalue weighted by Crippen LogP contribution is -2.61. The van der Waals surface area contributed by atoms with Gasteiger partial charge in [-0.3, -0.25) is 9.32 Å². The molecule has 4 N–H and O–H groups in total. The molecule has 128 valence electrons. The van der Waals surface area contributed by atoms with Gasteiger partial charge in [0.25, 0.3) is 0 Å². The van der Waals surface area contributed by atoms with Crippen molar-refractivity contribution in [2.24, 2.45) is 5.92 Å². The van der Waals surface area contributed by atoms with Gasteiger partial charge < -0.3 is 24.5 Å². The van der Waals surface area contributed by atoms with Gasteiger partial charge in [-0.15, -0.1) is 0 Å². The number of phosphoric acid groups is 1. The van der Waals surface area contributed by atoms with Crippen molar-refractivity contribution in [1.29, 1.82) is 0 Å². The predicted octanol–water partition coefficient (Wildman–Crippen LogP) is 0.291. The fourth-order valence-electron chi connectivity index (χ4n) is 2.26. The Morgan fingerprint density at radius 2 is 1.64 bits per heavy atom. The van der Waals surface area contributed by atoms with Gasteiger partial charge in [-0.1, -0.05) is 6.58 Å². The van der Waals surface area contributed by atoms with E-state index in [2.05, 4.69) is 6.58 Å². The number of nitrogens with zero attached hydrogens (tertiary/aromatic N) is 1. The van der Waals surface area contributed by atoms with Gasteiger partial charge in [0.2, 0.25) is 0 Å². The van der Waals surface area contributed by atoms with Crippen LogP contribution in [-0.4, -0.2) is 69.2 Å². The van der Waals surface area contributed by atoms with Gasteiger partial charge in [-0.25, -0.2) is 9.36 Å². The van der Waals surface area contributed by atoms with E-state index in [1.165, 1.54) is 6.92 Å². The van der Waals surface area contributed by atoms with Crippen LogP contribution >= 0.6 is 7.82 Å². The zero-order valence-electron chi connectivity index (χ0n) is 13.2. The predicted molar refractivity (Wildman–Crippen MR) is 76.9 cm³/mol. The molecule has 0 bridgehead atoms. The highest BCUT2D eigenvalue weighted by Gasteiger charge is 2.55. The summed E-state index contributed by atoms with van der Waals surface area (Å²) in [6.45, 7) is 5.89. The average Bonchev–Trinajstić information content (AvgIpc) is 2.23. The topological polar surface area (TPSA) is 141 Å². The number of carboxylic acid groups (broad SMARTS) is 2. The number of hydrogen-bond acceptors (Lipinski definition) is 4. The van der Waals surface area contributed by atoms with Crippen molar-refractivity contribution in [3.63, 3.8) is 0 Å². The molecule has 22 heavy (non-hydrogen) atoms. The van der Waals surface area contributed by atoms with Gasteiger partial charge in [-0.2, -0.15) is 0 Å². The summed E-state index contributed by atoms with van der Waals surface area (Å²) in [5.41, 5.74) is -2.72. The smallest absolute Gasteiger partial charge is 0.470 e. The minimum Gasteiger partial charge on any atom is -0.481 e. The second-order valence-corrected chi connectivity index (χ2v) is 7.32. The molecule has 3 unspecified atom stereocenters. The standard InChI is InChI=1S/C12H22NO8P/c1-7(10(14)15)9(11(16)17)12(3,21-22(18,19)20)8(2)13(4,5)6/h8-9H,1H2,2-6H3,(H3-,14,15,16,17,18,19,20)/p+1. The summed E-state index contributed by atoms with van der Waals surface area (Å²) in [4.78, 5) is 40.9. The first-order chi connectivity index (χ1) is 9.54. The Morgan fingerprint density at radius 3 is 1.86 bits per heavy atom. The molecule has 0 amide bonds. The maximum absolute atomic E-state index is 11.5. The minimum atomic E-state index is -5.08. The zero-order valence-corrected chi connectivity index (χ0v) is 14.1. The van der Waals surface area contributed by atoms with Gasteiger partial charge in [0.15, 0.2) is 0 Å². The number of aliphatic carboxylic acids is 2. The molecule has 9 nitrogen and oxygen atoms in total. The Balaban J connectivity index is 6.24. The van der Waals surface area contributed by atoms with E-state index in [1.54, 1.807) is 21.1 Å². The summed E-state index contributed by atoms with van der Waals surface area (Å²) >= 11 is 0. The van der Waals surface area contributed by atoms with Gasteiger partial charge in [0.05, 0.1) is 21.1 Å². The number of rotatable bonds is 8. The molecule has 0 fully saturated rings. The highest BCUT2D eigenvalue weighted by atomic mass is 31.2. The van der Waals surface area contributed by atoms with Crippen LogP contribution in [0.5, 0.6) is 0 Å². The highest BCUT2D eigenvalue weighted by Crippen LogP contribution is 2.48. The van der Waals surface area contributed by atoms with Crippen molar-refractivity contribution < 1.29 is 43.2 Å². The van der Waals surface area contributed by atoms with Crippen LogP contribution in [0.15, 0.2) is 12.2 Å². The molecule has 0 aliphatic carbocycles. The summed E-state index contributed by atoms with van der Waals surface area (Å²) in [6, 6.07) is -0.780. The second kappa shape index (κ2) is 6.47. The lowest BCUT2D eigenvalue weighted by Gasteiger charge is -2.45.